The van der Waals surface area contributed by atoms with Gasteiger partial charge in [0.05, 0.1) is 30.7 Å². The van der Waals surface area contributed by atoms with Gasteiger partial charge in [0.15, 0.2) is 5.82 Å². The predicted octanol–water partition coefficient (Wildman–Crippen LogP) is 2.31. The van der Waals surface area contributed by atoms with Crippen LogP contribution in [-0.2, 0) is 19.5 Å². The SMILES string of the molecule is C[C@@H]1C[C@H](NS(C)(=O)=O)[C@@H]2COC3CCC(CC3)c3nc(c(F)cc3F)OCCOC(=O)N12. The molecule has 1 N–H and O–H groups in total. The average molecular weight is 490 g/mol. The minimum absolute atomic E-state index is 0.124. The molecule has 184 valence electrons. The van der Waals surface area contributed by atoms with Crippen molar-refractivity contribution >= 4 is 16.1 Å². The van der Waals surface area contributed by atoms with Crippen LogP contribution in [0.25, 0.3) is 0 Å². The summed E-state index contributed by atoms with van der Waals surface area (Å²) in [5, 5.41) is 0. The maximum absolute atomic E-state index is 14.4. The molecule has 0 aromatic carbocycles. The number of halogens is 2. The first-order valence-corrected chi connectivity index (χ1v) is 13.0. The average Bonchev–Trinajstić information content (AvgIpc) is 3.03. The van der Waals surface area contributed by atoms with E-state index in [2.05, 4.69) is 9.71 Å². The quantitative estimate of drug-likeness (QED) is 0.679. The Labute approximate surface area is 191 Å². The molecule has 1 saturated carbocycles. The van der Waals surface area contributed by atoms with Gasteiger partial charge in [-0.15, -0.1) is 0 Å². The molecule has 4 bridgehead atoms. The van der Waals surface area contributed by atoms with E-state index >= 15 is 0 Å². The van der Waals surface area contributed by atoms with Crippen molar-refractivity contribution in [2.45, 2.75) is 69.2 Å². The highest BCUT2D eigenvalue weighted by atomic mass is 32.2. The number of sulfonamides is 1. The van der Waals surface area contributed by atoms with Gasteiger partial charge in [-0.05, 0) is 39.0 Å². The van der Waals surface area contributed by atoms with Crippen LogP contribution < -0.4 is 9.46 Å². The smallest absolute Gasteiger partial charge is 0.410 e. The first kappa shape index (κ1) is 24.1. The molecular weight excluding hydrogens is 460 g/mol. The zero-order valence-electron chi connectivity index (χ0n) is 18.6. The fraction of sp³-hybridized carbons (Fsp3) is 0.714. The maximum atomic E-state index is 14.4. The molecule has 0 unspecified atom stereocenters. The molecule has 3 atom stereocenters. The zero-order chi connectivity index (χ0) is 23.8. The largest absolute Gasteiger partial charge is 0.472 e. The van der Waals surface area contributed by atoms with Crippen LogP contribution in [0.15, 0.2) is 6.07 Å². The second kappa shape index (κ2) is 9.67. The van der Waals surface area contributed by atoms with Gasteiger partial charge in [-0.1, -0.05) is 0 Å². The van der Waals surface area contributed by atoms with Crippen LogP contribution in [0.5, 0.6) is 5.88 Å². The number of fused-ring (bicyclic) bond motifs is 7. The highest BCUT2D eigenvalue weighted by Gasteiger charge is 2.44. The summed E-state index contributed by atoms with van der Waals surface area (Å²) < 4.78 is 71.7. The summed E-state index contributed by atoms with van der Waals surface area (Å²) in [5.74, 6) is -2.12. The molecule has 2 fully saturated rings. The molecule has 12 heteroatoms. The predicted molar refractivity (Wildman–Crippen MR) is 113 cm³/mol. The molecule has 4 heterocycles. The third-order valence-corrected chi connectivity index (χ3v) is 7.23. The van der Waals surface area contributed by atoms with Crippen LogP contribution in [0.3, 0.4) is 0 Å². The Balaban J connectivity index is 1.57. The number of rotatable bonds is 2. The number of aromatic nitrogens is 1. The Morgan fingerprint density at radius 3 is 2.52 bits per heavy atom. The Bertz CT molecular complexity index is 986. The van der Waals surface area contributed by atoms with Crippen LogP contribution in [-0.4, -0.2) is 74.7 Å². The lowest BCUT2D eigenvalue weighted by atomic mass is 9.84. The second-order valence-electron chi connectivity index (χ2n) is 8.97. The van der Waals surface area contributed by atoms with Gasteiger partial charge < -0.3 is 14.2 Å². The van der Waals surface area contributed by atoms with Crippen LogP contribution in [0.2, 0.25) is 0 Å². The molecular formula is C21H29F2N3O6S. The van der Waals surface area contributed by atoms with Crippen molar-refractivity contribution in [3.05, 3.63) is 23.4 Å². The first-order valence-electron chi connectivity index (χ1n) is 11.1. The highest BCUT2D eigenvalue weighted by Crippen LogP contribution is 2.36. The number of carbonyl (C=O) groups excluding carboxylic acids is 1. The normalized spacial score (nSPS) is 31.1. The molecule has 1 amide bonds. The number of pyridine rings is 1. The number of ether oxygens (including phenoxy) is 3. The molecule has 9 nitrogen and oxygen atoms in total. The standard InChI is InChI=1S/C21H29F2N3O6S/c1-12-9-17(25-33(2,28)29)18-11-32-14-5-3-13(4-6-14)19-15(22)10-16(23)20(24-19)30-7-8-31-21(27)26(12)18/h10,12-14,17-18,25H,3-9,11H2,1-2H3/t12-,13?,14?,17+,18+/m1/s1. The van der Waals surface area contributed by atoms with E-state index in [1.807, 2.05) is 6.92 Å². The lowest BCUT2D eigenvalue weighted by molar-refractivity contribution is -0.0120. The third-order valence-electron chi connectivity index (χ3n) is 6.50. The number of nitrogens with one attached hydrogen (secondary N) is 1. The minimum Gasteiger partial charge on any atom is -0.472 e. The minimum atomic E-state index is -3.50. The Morgan fingerprint density at radius 1 is 1.12 bits per heavy atom. The van der Waals surface area contributed by atoms with Crippen LogP contribution in [0.1, 0.15) is 50.6 Å². The van der Waals surface area contributed by atoms with Crippen molar-refractivity contribution in [2.75, 3.05) is 26.1 Å². The van der Waals surface area contributed by atoms with Gasteiger partial charge in [0.1, 0.15) is 19.0 Å². The summed E-state index contributed by atoms with van der Waals surface area (Å²) in [7, 11) is -3.50. The molecule has 1 saturated heterocycles. The van der Waals surface area contributed by atoms with E-state index in [0.717, 1.165) is 12.3 Å². The molecule has 33 heavy (non-hydrogen) atoms. The van der Waals surface area contributed by atoms with Gasteiger partial charge in [0, 0.05) is 24.1 Å². The number of amides is 1. The van der Waals surface area contributed by atoms with Gasteiger partial charge in [-0.2, -0.15) is 0 Å². The molecule has 5 rings (SSSR count). The van der Waals surface area contributed by atoms with Crippen molar-refractivity contribution in [1.82, 2.24) is 14.6 Å². The third kappa shape index (κ3) is 5.55. The van der Waals surface area contributed by atoms with E-state index < -0.39 is 39.8 Å². The lowest BCUT2D eigenvalue weighted by Gasteiger charge is -2.33. The first-order chi connectivity index (χ1) is 15.6. The number of hydrogen-bond acceptors (Lipinski definition) is 7. The molecule has 1 aliphatic carbocycles. The maximum Gasteiger partial charge on any atom is 0.410 e. The number of carbonyl (C=O) groups is 1. The Hall–Kier alpha value is -2.05. The van der Waals surface area contributed by atoms with Crippen molar-refractivity contribution in [3.8, 4) is 5.88 Å². The zero-order valence-corrected chi connectivity index (χ0v) is 19.4. The molecule has 4 aliphatic rings. The van der Waals surface area contributed by atoms with Crippen LogP contribution in [0.4, 0.5) is 13.6 Å². The molecule has 3 aliphatic heterocycles. The Morgan fingerprint density at radius 2 is 1.82 bits per heavy atom. The van der Waals surface area contributed by atoms with Gasteiger partial charge in [-0.25, -0.2) is 31.7 Å². The van der Waals surface area contributed by atoms with E-state index in [-0.39, 0.29) is 49.5 Å². The summed E-state index contributed by atoms with van der Waals surface area (Å²) in [5.41, 5.74) is 0.169. The number of hydrogen-bond donors (Lipinski definition) is 1. The van der Waals surface area contributed by atoms with E-state index in [1.54, 1.807) is 0 Å². The molecule has 1 aromatic heterocycles. The Kier molecular flexibility index (Phi) is 7.06. The van der Waals surface area contributed by atoms with Crippen molar-refractivity contribution < 1.29 is 36.2 Å². The molecule has 0 radical (unpaired) electrons. The van der Waals surface area contributed by atoms with E-state index in [9.17, 15) is 22.0 Å². The summed E-state index contributed by atoms with van der Waals surface area (Å²) in [6, 6.07) is -0.556. The molecule has 1 aromatic rings. The summed E-state index contributed by atoms with van der Waals surface area (Å²) in [6.45, 7) is 1.62. The second-order valence-corrected chi connectivity index (χ2v) is 10.7. The highest BCUT2D eigenvalue weighted by molar-refractivity contribution is 7.88. The van der Waals surface area contributed by atoms with Gasteiger partial charge >= 0.3 is 6.09 Å². The van der Waals surface area contributed by atoms with Crippen molar-refractivity contribution in [3.63, 3.8) is 0 Å². The fourth-order valence-electron chi connectivity index (χ4n) is 5.00. The van der Waals surface area contributed by atoms with Gasteiger partial charge in [0.25, 0.3) is 5.88 Å². The van der Waals surface area contributed by atoms with Crippen molar-refractivity contribution in [1.29, 1.82) is 0 Å². The van der Waals surface area contributed by atoms with E-state index in [0.29, 0.717) is 32.1 Å². The summed E-state index contributed by atoms with van der Waals surface area (Å²) in [4.78, 5) is 18.4. The topological polar surface area (TPSA) is 107 Å². The van der Waals surface area contributed by atoms with Gasteiger partial charge in [-0.3, -0.25) is 4.90 Å². The van der Waals surface area contributed by atoms with Crippen LogP contribution >= 0.6 is 0 Å². The van der Waals surface area contributed by atoms with Gasteiger partial charge in [0.2, 0.25) is 10.0 Å². The fourth-order valence-corrected chi connectivity index (χ4v) is 5.81. The number of nitrogens with zero attached hydrogens (tertiary/aromatic N) is 2. The summed E-state index contributed by atoms with van der Waals surface area (Å²) >= 11 is 0. The molecule has 0 spiro atoms. The monoisotopic (exact) mass is 489 g/mol. The lowest BCUT2D eigenvalue weighted by Crippen LogP contribution is -2.50. The van der Waals surface area contributed by atoms with Crippen molar-refractivity contribution in [2.24, 2.45) is 0 Å². The summed E-state index contributed by atoms with van der Waals surface area (Å²) in [6.07, 6.45) is 3.22. The van der Waals surface area contributed by atoms with E-state index in [4.69, 9.17) is 14.2 Å². The van der Waals surface area contributed by atoms with E-state index in [1.165, 1.54) is 4.90 Å². The van der Waals surface area contributed by atoms with Crippen LogP contribution in [0, 0.1) is 11.6 Å².